The number of carbonyl (C=O) groups is 2. The maximum atomic E-state index is 13.0. The minimum absolute atomic E-state index is 0.0160. The number of aromatic nitrogens is 1. The van der Waals surface area contributed by atoms with Gasteiger partial charge in [0.1, 0.15) is 22.8 Å². The molecule has 1 saturated heterocycles. The topological polar surface area (TPSA) is 81.9 Å². The molecule has 2 aromatic carbocycles. The summed E-state index contributed by atoms with van der Waals surface area (Å²) in [6.07, 6.45) is 1.76. The van der Waals surface area contributed by atoms with Crippen LogP contribution < -0.4 is 9.47 Å². The van der Waals surface area contributed by atoms with E-state index in [1.807, 2.05) is 24.8 Å². The van der Waals surface area contributed by atoms with E-state index in [9.17, 15) is 9.59 Å². The van der Waals surface area contributed by atoms with Gasteiger partial charge < -0.3 is 18.9 Å². The Morgan fingerprint density at radius 2 is 1.97 bits per heavy atom. The minimum atomic E-state index is -0.551. The number of aryl methyl sites for hydroxylation is 2. The fraction of sp³-hybridized carbons (Fsp3) is 0.400. The molecule has 5 rings (SSSR count). The van der Waals surface area contributed by atoms with E-state index in [-0.39, 0.29) is 18.1 Å². The van der Waals surface area contributed by atoms with Crippen LogP contribution in [0.15, 0.2) is 34.9 Å². The predicted octanol–water partition coefficient (Wildman–Crippen LogP) is 4.02. The summed E-state index contributed by atoms with van der Waals surface area (Å²) < 4.78 is 17.0. The molecule has 0 N–H and O–H groups in total. The van der Waals surface area contributed by atoms with Gasteiger partial charge in [0.2, 0.25) is 5.91 Å². The van der Waals surface area contributed by atoms with Crippen molar-refractivity contribution in [2.45, 2.75) is 45.1 Å². The van der Waals surface area contributed by atoms with Crippen LogP contribution in [-0.2, 0) is 11.2 Å². The molecule has 2 aliphatic rings. The van der Waals surface area contributed by atoms with Crippen molar-refractivity contribution in [3.05, 3.63) is 52.7 Å². The van der Waals surface area contributed by atoms with Crippen molar-refractivity contribution in [2.75, 3.05) is 20.2 Å². The lowest BCUT2D eigenvalue weighted by molar-refractivity contribution is -0.134. The van der Waals surface area contributed by atoms with Gasteiger partial charge in [-0.2, -0.15) is 0 Å². The van der Waals surface area contributed by atoms with Crippen molar-refractivity contribution in [1.29, 1.82) is 0 Å². The smallest absolute Gasteiger partial charge is 0.228 e. The Labute approximate surface area is 186 Å². The molecule has 1 spiro atoms. The largest absolute Gasteiger partial charge is 0.497 e. The van der Waals surface area contributed by atoms with E-state index in [4.69, 9.17) is 14.0 Å². The van der Waals surface area contributed by atoms with Crippen molar-refractivity contribution in [2.24, 2.45) is 0 Å². The summed E-state index contributed by atoms with van der Waals surface area (Å²) in [6.45, 7) is 5.11. The maximum absolute atomic E-state index is 13.0. The lowest BCUT2D eigenvalue weighted by Crippen LogP contribution is -2.52. The van der Waals surface area contributed by atoms with Crippen molar-refractivity contribution in [3.8, 4) is 11.5 Å². The number of ketones is 1. The number of rotatable bonds is 3. The molecular formula is C25H26N2O5. The highest BCUT2D eigenvalue weighted by Crippen LogP contribution is 2.40. The van der Waals surface area contributed by atoms with E-state index in [2.05, 4.69) is 11.2 Å². The van der Waals surface area contributed by atoms with Gasteiger partial charge in [0.15, 0.2) is 11.4 Å². The third-order valence-corrected chi connectivity index (χ3v) is 6.63. The van der Waals surface area contributed by atoms with Crippen LogP contribution in [0.2, 0.25) is 0 Å². The number of nitrogens with zero attached hydrogens (tertiary/aromatic N) is 2. The van der Waals surface area contributed by atoms with Crippen LogP contribution in [0.4, 0.5) is 0 Å². The van der Waals surface area contributed by atoms with Gasteiger partial charge in [0.25, 0.3) is 0 Å². The highest BCUT2D eigenvalue weighted by Gasteiger charge is 2.43. The molecule has 32 heavy (non-hydrogen) atoms. The van der Waals surface area contributed by atoms with Gasteiger partial charge in [-0.05, 0) is 49.2 Å². The average molecular weight is 434 g/mol. The van der Waals surface area contributed by atoms with Gasteiger partial charge in [-0.1, -0.05) is 11.2 Å². The number of Topliss-reactive ketones (excluding diaryl/α,β-unsaturated/α-hetero) is 1. The lowest BCUT2D eigenvalue weighted by atomic mass is 9.82. The molecular weight excluding hydrogens is 408 g/mol. The molecule has 7 heteroatoms. The van der Waals surface area contributed by atoms with E-state index in [0.29, 0.717) is 60.7 Å². The first-order valence-corrected chi connectivity index (χ1v) is 10.9. The number of piperidine rings is 1. The summed E-state index contributed by atoms with van der Waals surface area (Å²) in [5.74, 6) is 1.32. The molecule has 0 saturated carbocycles. The number of amides is 1. The van der Waals surface area contributed by atoms with Gasteiger partial charge in [-0.15, -0.1) is 0 Å². The Hall–Kier alpha value is -3.35. The van der Waals surface area contributed by atoms with Crippen molar-refractivity contribution in [3.63, 3.8) is 0 Å². The summed E-state index contributed by atoms with van der Waals surface area (Å²) in [4.78, 5) is 27.7. The van der Waals surface area contributed by atoms with Gasteiger partial charge >= 0.3 is 0 Å². The standard InChI is InChI=1S/C25H26N2O5/c1-15-10-16(2)24-19(26-32-22(24)11-15)13-23(29)27-8-6-25(7-9-27)14-20(28)18-12-17(30-3)4-5-21(18)31-25/h4-5,10-12H,6-9,13-14H2,1-3H3. The van der Waals surface area contributed by atoms with E-state index in [1.165, 1.54) is 0 Å². The molecule has 0 bridgehead atoms. The Kier molecular flexibility index (Phi) is 4.92. The molecule has 0 unspecified atom stereocenters. The summed E-state index contributed by atoms with van der Waals surface area (Å²) in [5.41, 5.74) is 3.57. The fourth-order valence-corrected chi connectivity index (χ4v) is 4.94. The minimum Gasteiger partial charge on any atom is -0.497 e. The highest BCUT2D eigenvalue weighted by atomic mass is 16.5. The first-order valence-electron chi connectivity index (χ1n) is 10.9. The van der Waals surface area contributed by atoms with Crippen LogP contribution in [-0.4, -0.2) is 47.5 Å². The number of fused-ring (bicyclic) bond motifs is 2. The Bertz CT molecular complexity index is 1220. The van der Waals surface area contributed by atoms with Gasteiger partial charge in [-0.25, -0.2) is 0 Å². The van der Waals surface area contributed by atoms with E-state index >= 15 is 0 Å². The molecule has 3 heterocycles. The SMILES string of the molecule is COc1ccc2c(c1)C(=O)CC1(CCN(C(=O)Cc3noc4cc(C)cc(C)c34)CC1)O2. The molecule has 0 radical (unpaired) electrons. The van der Waals surface area contributed by atoms with Crippen LogP contribution in [0.1, 0.15) is 46.4 Å². The van der Waals surface area contributed by atoms with Crippen LogP contribution >= 0.6 is 0 Å². The first-order chi connectivity index (χ1) is 15.4. The zero-order chi connectivity index (χ0) is 22.5. The number of hydrogen-bond acceptors (Lipinski definition) is 6. The van der Waals surface area contributed by atoms with Gasteiger partial charge in [0, 0.05) is 31.3 Å². The number of hydrogen-bond donors (Lipinski definition) is 0. The third kappa shape index (κ3) is 3.51. The second-order valence-electron chi connectivity index (χ2n) is 8.89. The molecule has 7 nitrogen and oxygen atoms in total. The van der Waals surface area contributed by atoms with Crippen molar-refractivity contribution in [1.82, 2.24) is 10.1 Å². The van der Waals surface area contributed by atoms with E-state index in [0.717, 1.165) is 16.5 Å². The van der Waals surface area contributed by atoms with Crippen LogP contribution in [0.3, 0.4) is 0 Å². The molecule has 0 atom stereocenters. The quantitative estimate of drug-likeness (QED) is 0.619. The monoisotopic (exact) mass is 434 g/mol. The van der Waals surface area contributed by atoms with E-state index in [1.54, 1.807) is 25.3 Å². The molecule has 2 aliphatic heterocycles. The number of likely N-dealkylation sites (tertiary alicyclic amines) is 1. The molecule has 166 valence electrons. The number of benzene rings is 2. The zero-order valence-electron chi connectivity index (χ0n) is 18.6. The molecule has 1 amide bonds. The summed E-state index contributed by atoms with van der Waals surface area (Å²) in [5, 5.41) is 5.08. The van der Waals surface area contributed by atoms with Crippen molar-refractivity contribution >= 4 is 22.7 Å². The van der Waals surface area contributed by atoms with Gasteiger partial charge in [-0.3, -0.25) is 9.59 Å². The Morgan fingerprint density at radius 1 is 1.19 bits per heavy atom. The first kappa shape index (κ1) is 20.5. The number of carbonyl (C=O) groups excluding carboxylic acids is 2. The molecule has 3 aromatic rings. The maximum Gasteiger partial charge on any atom is 0.228 e. The third-order valence-electron chi connectivity index (χ3n) is 6.63. The van der Waals surface area contributed by atoms with Crippen molar-refractivity contribution < 1.29 is 23.6 Å². The summed E-state index contributed by atoms with van der Waals surface area (Å²) in [7, 11) is 1.58. The van der Waals surface area contributed by atoms with Crippen LogP contribution in [0.5, 0.6) is 11.5 Å². The fourth-order valence-electron chi connectivity index (χ4n) is 4.94. The average Bonchev–Trinajstić information content (AvgIpc) is 3.16. The zero-order valence-corrected chi connectivity index (χ0v) is 18.6. The van der Waals surface area contributed by atoms with Crippen LogP contribution in [0, 0.1) is 13.8 Å². The Balaban J connectivity index is 1.28. The molecule has 1 aromatic heterocycles. The second-order valence-corrected chi connectivity index (χ2v) is 8.89. The van der Waals surface area contributed by atoms with E-state index < -0.39 is 5.60 Å². The normalized spacial score (nSPS) is 17.3. The van der Waals surface area contributed by atoms with Gasteiger partial charge in [0.05, 0.1) is 25.5 Å². The number of ether oxygens (including phenoxy) is 2. The lowest BCUT2D eigenvalue weighted by Gasteiger charge is -2.44. The summed E-state index contributed by atoms with van der Waals surface area (Å²) in [6, 6.07) is 9.34. The molecule has 1 fully saturated rings. The predicted molar refractivity (Wildman–Crippen MR) is 118 cm³/mol. The Morgan fingerprint density at radius 3 is 2.72 bits per heavy atom. The highest BCUT2D eigenvalue weighted by molar-refractivity contribution is 6.00. The molecule has 0 aliphatic carbocycles. The van der Waals surface area contributed by atoms with Crippen LogP contribution in [0.25, 0.3) is 11.0 Å². The summed E-state index contributed by atoms with van der Waals surface area (Å²) >= 11 is 0. The number of methoxy groups -OCH3 is 1. The second kappa shape index (κ2) is 7.65.